The number of likely N-dealkylation sites (N-methyl/N-ethyl adjacent to an activating group) is 1. The van der Waals surface area contributed by atoms with Gasteiger partial charge in [-0.3, -0.25) is 4.79 Å². The van der Waals surface area contributed by atoms with E-state index < -0.39 is 26.7 Å². The third-order valence-corrected chi connectivity index (χ3v) is 8.95. The lowest BCUT2D eigenvalue weighted by Crippen LogP contribution is -2.55. The van der Waals surface area contributed by atoms with Crippen molar-refractivity contribution in [3.8, 4) is 0 Å². The average molecular weight is 503 g/mol. The number of fused-ring (bicyclic) bond motifs is 3. The van der Waals surface area contributed by atoms with Crippen molar-refractivity contribution in [1.82, 2.24) is 9.88 Å². The zero-order chi connectivity index (χ0) is 24.7. The van der Waals surface area contributed by atoms with E-state index in [4.69, 9.17) is 11.6 Å². The molecular weight excluding hydrogens is 475 g/mol. The number of halogens is 2. The van der Waals surface area contributed by atoms with Crippen LogP contribution in [0.5, 0.6) is 0 Å². The number of nitrogens with one attached hydrogen (secondary N) is 1. The second-order valence-electron chi connectivity index (χ2n) is 9.14. The molecule has 4 rings (SSSR count). The zero-order valence-electron chi connectivity index (χ0n) is 19.4. The van der Waals surface area contributed by atoms with Crippen LogP contribution in [0.3, 0.4) is 0 Å². The fraction of sp³-hybridized carbons (Fsp3) is 0.346. The number of carbonyl (C=O) groups excluding carboxylic acids is 1. The Morgan fingerprint density at radius 2 is 1.94 bits per heavy atom. The third kappa shape index (κ3) is 4.16. The molecular formula is C26H28ClFN2O3S. The van der Waals surface area contributed by atoms with Crippen LogP contribution >= 0.6 is 11.6 Å². The number of hydrogen-bond acceptors (Lipinski definition) is 3. The number of H-pyrrole nitrogens is 1. The van der Waals surface area contributed by atoms with Crippen molar-refractivity contribution in [3.63, 3.8) is 0 Å². The van der Waals surface area contributed by atoms with Crippen molar-refractivity contribution >= 4 is 38.2 Å². The molecule has 2 unspecified atom stereocenters. The lowest BCUT2D eigenvalue weighted by Gasteiger charge is -2.36. The maximum absolute atomic E-state index is 17.1. The molecule has 1 aromatic heterocycles. The van der Waals surface area contributed by atoms with Crippen molar-refractivity contribution < 1.29 is 17.6 Å². The molecule has 1 amide bonds. The number of amides is 1. The van der Waals surface area contributed by atoms with Gasteiger partial charge in [-0.15, -0.1) is 0 Å². The average Bonchev–Trinajstić information content (AvgIpc) is 3.18. The van der Waals surface area contributed by atoms with E-state index in [1.807, 2.05) is 26.0 Å². The first kappa shape index (κ1) is 24.5. The summed E-state index contributed by atoms with van der Waals surface area (Å²) in [5.74, 6) is -2.09. The van der Waals surface area contributed by atoms with Crippen LogP contribution in [0, 0.1) is 5.92 Å². The quantitative estimate of drug-likeness (QED) is 0.453. The zero-order valence-corrected chi connectivity index (χ0v) is 21.0. The molecule has 1 N–H and O–H groups in total. The highest BCUT2D eigenvalue weighted by molar-refractivity contribution is 7.93. The number of hydrogen-bond donors (Lipinski definition) is 1. The number of carbonyl (C=O) groups is 1. The molecule has 8 heteroatoms. The van der Waals surface area contributed by atoms with Crippen LogP contribution in [0.1, 0.15) is 31.5 Å². The maximum atomic E-state index is 17.1. The molecule has 1 aliphatic carbocycles. The lowest BCUT2D eigenvalue weighted by atomic mass is 9.83. The van der Waals surface area contributed by atoms with Gasteiger partial charge >= 0.3 is 0 Å². The number of nitrogens with zero attached hydrogens (tertiary/aromatic N) is 1. The van der Waals surface area contributed by atoms with Gasteiger partial charge in [-0.25, -0.2) is 12.8 Å². The van der Waals surface area contributed by atoms with Crippen LogP contribution in [0.2, 0.25) is 5.02 Å². The van der Waals surface area contributed by atoms with Crippen LogP contribution < -0.4 is 0 Å². The van der Waals surface area contributed by atoms with Crippen molar-refractivity contribution in [1.29, 1.82) is 0 Å². The minimum absolute atomic E-state index is 0.104. The van der Waals surface area contributed by atoms with Crippen LogP contribution in [0.4, 0.5) is 4.39 Å². The first-order valence-electron chi connectivity index (χ1n) is 11.2. The maximum Gasteiger partial charge on any atom is 0.295 e. The summed E-state index contributed by atoms with van der Waals surface area (Å²) in [5.41, 5.74) is 3.56. The highest BCUT2D eigenvalue weighted by Gasteiger charge is 2.59. The molecule has 1 heterocycles. The van der Waals surface area contributed by atoms with Crippen LogP contribution in [0.15, 0.2) is 65.1 Å². The summed E-state index contributed by atoms with van der Waals surface area (Å²) in [7, 11) is -3.20. The number of benzene rings is 2. The van der Waals surface area contributed by atoms with E-state index in [0.717, 1.165) is 32.6 Å². The fourth-order valence-electron chi connectivity index (χ4n) is 4.66. The van der Waals surface area contributed by atoms with E-state index >= 15 is 4.39 Å². The van der Waals surface area contributed by atoms with Crippen LogP contribution in [-0.4, -0.2) is 42.8 Å². The Labute approximate surface area is 204 Å². The predicted octanol–water partition coefficient (Wildman–Crippen LogP) is 5.49. The summed E-state index contributed by atoms with van der Waals surface area (Å²) in [6, 6.07) is 12.9. The third-order valence-electron chi connectivity index (χ3n) is 6.53. The van der Waals surface area contributed by atoms with E-state index in [2.05, 4.69) is 4.98 Å². The number of alkyl halides is 1. The Balaban J connectivity index is 1.79. The Morgan fingerprint density at radius 1 is 1.24 bits per heavy atom. The Hall–Kier alpha value is -2.64. The first-order chi connectivity index (χ1) is 16.1. The molecule has 0 saturated carbocycles. The van der Waals surface area contributed by atoms with Crippen LogP contribution in [0.25, 0.3) is 10.9 Å². The van der Waals surface area contributed by atoms with Gasteiger partial charge < -0.3 is 9.88 Å². The molecule has 34 heavy (non-hydrogen) atoms. The van der Waals surface area contributed by atoms with Gasteiger partial charge in [-0.05, 0) is 69.0 Å². The predicted molar refractivity (Wildman–Crippen MR) is 133 cm³/mol. The van der Waals surface area contributed by atoms with Crippen molar-refractivity contribution in [3.05, 3.63) is 76.5 Å². The SMILES string of the molecule is CC(C)=CCN(C)C(=O)C(F)(C1CCc2c([nH]c3ccc(Cl)cc23)C1)S(=O)(=O)c1ccccc1. The molecule has 0 saturated heterocycles. The lowest BCUT2D eigenvalue weighted by molar-refractivity contribution is -0.139. The second-order valence-corrected chi connectivity index (χ2v) is 11.6. The highest BCUT2D eigenvalue weighted by Crippen LogP contribution is 2.44. The van der Waals surface area contributed by atoms with Gasteiger partial charge in [-0.1, -0.05) is 41.4 Å². The summed E-state index contributed by atoms with van der Waals surface area (Å²) < 4.78 is 44.5. The largest absolute Gasteiger partial charge is 0.358 e. The number of rotatable bonds is 6. The van der Waals surface area contributed by atoms with Gasteiger partial charge in [0.1, 0.15) is 0 Å². The van der Waals surface area contributed by atoms with Crippen molar-refractivity contribution in [2.24, 2.45) is 5.92 Å². The smallest absolute Gasteiger partial charge is 0.295 e. The van der Waals surface area contributed by atoms with Gasteiger partial charge in [0, 0.05) is 41.1 Å². The molecule has 0 aliphatic heterocycles. The summed E-state index contributed by atoms with van der Waals surface area (Å²) in [6.45, 7) is 3.86. The van der Waals surface area contributed by atoms with Gasteiger partial charge in [0.15, 0.2) is 0 Å². The van der Waals surface area contributed by atoms with E-state index in [1.54, 1.807) is 18.2 Å². The summed E-state index contributed by atoms with van der Waals surface area (Å²) >= 11 is 6.17. The Kier molecular flexibility index (Phi) is 6.62. The molecule has 0 bridgehead atoms. The first-order valence-corrected chi connectivity index (χ1v) is 13.1. The second kappa shape index (κ2) is 9.19. The highest BCUT2D eigenvalue weighted by atomic mass is 35.5. The minimum atomic E-state index is -4.64. The number of aromatic amines is 1. The number of sulfone groups is 1. The molecule has 2 atom stereocenters. The van der Waals surface area contributed by atoms with Gasteiger partial charge in [-0.2, -0.15) is 0 Å². The van der Waals surface area contributed by atoms with E-state index in [0.29, 0.717) is 11.4 Å². The number of aromatic nitrogens is 1. The number of allylic oxidation sites excluding steroid dienone is 1. The van der Waals surface area contributed by atoms with Crippen LogP contribution in [-0.2, 0) is 27.5 Å². The minimum Gasteiger partial charge on any atom is -0.358 e. The monoisotopic (exact) mass is 502 g/mol. The topological polar surface area (TPSA) is 70.2 Å². The standard InChI is InChI=1S/C26H28ClFN2O3S/c1-17(2)13-14-30(3)25(31)26(28,34(32,33)20-7-5-4-6-8-20)18-9-11-21-22-16-19(27)10-12-23(22)29-24(21)15-18/h4-8,10,12-13,16,18,29H,9,11,14-15H2,1-3H3. The summed E-state index contributed by atoms with van der Waals surface area (Å²) in [5, 5.41) is -1.56. The fourth-order valence-corrected chi connectivity index (χ4v) is 6.72. The van der Waals surface area contributed by atoms with Gasteiger partial charge in [0.25, 0.3) is 10.9 Å². The van der Waals surface area contributed by atoms with E-state index in [9.17, 15) is 13.2 Å². The summed E-state index contributed by atoms with van der Waals surface area (Å²) in [4.78, 5) is 17.8. The molecule has 3 aromatic rings. The Bertz CT molecular complexity index is 1360. The molecule has 0 fully saturated rings. The van der Waals surface area contributed by atoms with Gasteiger partial charge in [0.05, 0.1) is 4.90 Å². The molecule has 2 aromatic carbocycles. The number of aryl methyl sites for hydroxylation is 1. The van der Waals surface area contributed by atoms with Gasteiger partial charge in [0.2, 0.25) is 9.84 Å². The van der Waals surface area contributed by atoms with E-state index in [-0.39, 0.29) is 24.3 Å². The molecule has 180 valence electrons. The van der Waals surface area contributed by atoms with Crippen molar-refractivity contribution in [2.75, 3.05) is 13.6 Å². The van der Waals surface area contributed by atoms with Crippen molar-refractivity contribution in [2.45, 2.75) is 43.0 Å². The van der Waals surface area contributed by atoms with E-state index in [1.165, 1.54) is 31.3 Å². The normalized spacial score (nSPS) is 17.6. The summed E-state index contributed by atoms with van der Waals surface area (Å²) in [6.07, 6.45) is 2.54. The Morgan fingerprint density at radius 3 is 2.62 bits per heavy atom. The molecule has 5 nitrogen and oxygen atoms in total. The molecule has 0 radical (unpaired) electrons. The molecule has 0 spiro atoms. The molecule has 1 aliphatic rings.